The summed E-state index contributed by atoms with van der Waals surface area (Å²) in [5, 5.41) is 2.95. The molecule has 0 aromatic carbocycles. The van der Waals surface area contributed by atoms with Crippen molar-refractivity contribution in [3.8, 4) is 0 Å². The molecule has 0 spiro atoms. The van der Waals surface area contributed by atoms with Crippen LogP contribution in [0.3, 0.4) is 0 Å². The van der Waals surface area contributed by atoms with Gasteiger partial charge in [0.1, 0.15) is 5.82 Å². The fraction of sp³-hybridized carbons (Fsp3) is 0.500. The number of aromatic nitrogens is 3. The van der Waals surface area contributed by atoms with E-state index in [1.165, 1.54) is 0 Å². The standard InChI is InChI=1S/C16H22N4O2/c1-11-8-14(12(2)20(11)13-4-7-22-10-13)16(21)18-9-15-17-5-6-19(15)3/h5-6,8,13H,4,7,9-10H2,1-3H3,(H,18,21). The van der Waals surface area contributed by atoms with Crippen molar-refractivity contribution in [2.24, 2.45) is 7.05 Å². The second kappa shape index (κ2) is 5.96. The molecule has 3 heterocycles. The zero-order valence-corrected chi connectivity index (χ0v) is 13.3. The molecular weight excluding hydrogens is 280 g/mol. The molecule has 1 aliphatic rings. The summed E-state index contributed by atoms with van der Waals surface area (Å²) >= 11 is 0. The lowest BCUT2D eigenvalue weighted by atomic mass is 10.2. The first-order valence-corrected chi connectivity index (χ1v) is 7.58. The van der Waals surface area contributed by atoms with E-state index in [4.69, 9.17) is 4.74 Å². The van der Waals surface area contributed by atoms with Gasteiger partial charge in [0.25, 0.3) is 5.91 Å². The number of carbonyl (C=O) groups excluding carboxylic acids is 1. The van der Waals surface area contributed by atoms with E-state index in [1.54, 1.807) is 6.20 Å². The summed E-state index contributed by atoms with van der Waals surface area (Å²) in [5.74, 6) is 0.785. The van der Waals surface area contributed by atoms with Gasteiger partial charge in [-0.1, -0.05) is 0 Å². The molecule has 0 saturated carbocycles. The highest BCUT2D eigenvalue weighted by molar-refractivity contribution is 5.95. The lowest BCUT2D eigenvalue weighted by molar-refractivity contribution is 0.0948. The van der Waals surface area contributed by atoms with Crippen LogP contribution in [-0.4, -0.2) is 33.2 Å². The number of hydrogen-bond acceptors (Lipinski definition) is 3. The molecule has 1 atom stereocenters. The molecule has 0 bridgehead atoms. The molecule has 1 unspecified atom stereocenters. The van der Waals surface area contributed by atoms with Gasteiger partial charge in [0.05, 0.1) is 24.8 Å². The predicted octanol–water partition coefficient (Wildman–Crippen LogP) is 1.73. The van der Waals surface area contributed by atoms with Crippen LogP contribution in [0.25, 0.3) is 0 Å². The van der Waals surface area contributed by atoms with Crippen LogP contribution in [0.15, 0.2) is 18.5 Å². The van der Waals surface area contributed by atoms with Gasteiger partial charge in [-0.25, -0.2) is 4.98 Å². The first kappa shape index (κ1) is 14.8. The molecule has 6 heteroatoms. The van der Waals surface area contributed by atoms with Crippen molar-refractivity contribution in [1.29, 1.82) is 0 Å². The first-order chi connectivity index (χ1) is 10.6. The Bertz CT molecular complexity index is 680. The van der Waals surface area contributed by atoms with Crippen molar-refractivity contribution in [1.82, 2.24) is 19.4 Å². The molecule has 22 heavy (non-hydrogen) atoms. The highest BCUT2D eigenvalue weighted by Crippen LogP contribution is 2.26. The molecule has 1 aliphatic heterocycles. The zero-order chi connectivity index (χ0) is 15.7. The van der Waals surface area contributed by atoms with Crippen LogP contribution in [0.1, 0.15) is 40.0 Å². The number of rotatable bonds is 4. The van der Waals surface area contributed by atoms with Crippen molar-refractivity contribution in [3.63, 3.8) is 0 Å². The smallest absolute Gasteiger partial charge is 0.253 e. The lowest BCUT2D eigenvalue weighted by Gasteiger charge is -2.16. The maximum atomic E-state index is 12.5. The third-order valence-corrected chi connectivity index (χ3v) is 4.33. The number of carbonyl (C=O) groups is 1. The first-order valence-electron chi connectivity index (χ1n) is 7.58. The van der Waals surface area contributed by atoms with Gasteiger partial charge in [0, 0.05) is 37.4 Å². The second-order valence-corrected chi connectivity index (χ2v) is 5.81. The van der Waals surface area contributed by atoms with Crippen LogP contribution < -0.4 is 5.32 Å². The van der Waals surface area contributed by atoms with E-state index in [0.29, 0.717) is 12.6 Å². The molecule has 1 saturated heterocycles. The summed E-state index contributed by atoms with van der Waals surface area (Å²) in [5.41, 5.74) is 2.85. The maximum Gasteiger partial charge on any atom is 0.253 e. The van der Waals surface area contributed by atoms with Crippen LogP contribution in [0.4, 0.5) is 0 Å². The van der Waals surface area contributed by atoms with Crippen LogP contribution in [-0.2, 0) is 18.3 Å². The molecule has 1 amide bonds. The number of hydrogen-bond donors (Lipinski definition) is 1. The maximum absolute atomic E-state index is 12.5. The van der Waals surface area contributed by atoms with Crippen LogP contribution >= 0.6 is 0 Å². The van der Waals surface area contributed by atoms with Crippen molar-refractivity contribution in [2.75, 3.05) is 13.2 Å². The van der Waals surface area contributed by atoms with Crippen molar-refractivity contribution in [3.05, 3.63) is 41.2 Å². The average Bonchev–Trinajstić information content (AvgIpc) is 3.18. The molecule has 2 aromatic heterocycles. The minimum atomic E-state index is -0.0544. The van der Waals surface area contributed by atoms with Gasteiger partial charge in [-0.15, -0.1) is 0 Å². The van der Waals surface area contributed by atoms with Gasteiger partial charge in [-0.2, -0.15) is 0 Å². The van der Waals surface area contributed by atoms with Crippen LogP contribution in [0.2, 0.25) is 0 Å². The minimum Gasteiger partial charge on any atom is -0.379 e. The summed E-state index contributed by atoms with van der Waals surface area (Å²) in [6.45, 7) is 5.99. The third kappa shape index (κ3) is 2.66. The Kier molecular flexibility index (Phi) is 4.02. The van der Waals surface area contributed by atoms with E-state index >= 15 is 0 Å². The second-order valence-electron chi connectivity index (χ2n) is 5.81. The molecule has 118 valence electrons. The molecule has 2 aromatic rings. The highest BCUT2D eigenvalue weighted by Gasteiger charge is 2.24. The van der Waals surface area contributed by atoms with Crippen LogP contribution in [0, 0.1) is 13.8 Å². The SMILES string of the molecule is Cc1cc(C(=O)NCc2nccn2C)c(C)n1C1CCOC1. The van der Waals surface area contributed by atoms with Crippen molar-refractivity contribution < 1.29 is 9.53 Å². The Hall–Kier alpha value is -2.08. The number of amides is 1. The zero-order valence-electron chi connectivity index (χ0n) is 13.3. The Balaban J connectivity index is 1.75. The summed E-state index contributed by atoms with van der Waals surface area (Å²) in [6, 6.07) is 2.30. The van der Waals surface area contributed by atoms with E-state index in [0.717, 1.165) is 42.4 Å². The Labute approximate surface area is 130 Å². The van der Waals surface area contributed by atoms with Gasteiger partial charge < -0.3 is 19.2 Å². The number of ether oxygens (including phenoxy) is 1. The molecule has 3 rings (SSSR count). The number of aryl methyl sites for hydroxylation is 2. The number of nitrogens with one attached hydrogen (secondary N) is 1. The topological polar surface area (TPSA) is 61.1 Å². The highest BCUT2D eigenvalue weighted by atomic mass is 16.5. The van der Waals surface area contributed by atoms with E-state index < -0.39 is 0 Å². The minimum absolute atomic E-state index is 0.0544. The normalized spacial score (nSPS) is 17.9. The van der Waals surface area contributed by atoms with E-state index in [1.807, 2.05) is 37.7 Å². The van der Waals surface area contributed by atoms with Crippen molar-refractivity contribution >= 4 is 5.91 Å². The number of imidazole rings is 1. The Morgan fingerprint density at radius 3 is 2.95 bits per heavy atom. The molecule has 1 fully saturated rings. The third-order valence-electron chi connectivity index (χ3n) is 4.33. The summed E-state index contributed by atoms with van der Waals surface area (Å²) in [6.07, 6.45) is 4.60. The van der Waals surface area contributed by atoms with E-state index in [2.05, 4.69) is 14.9 Å². The summed E-state index contributed by atoms with van der Waals surface area (Å²) in [7, 11) is 1.92. The van der Waals surface area contributed by atoms with E-state index in [9.17, 15) is 4.79 Å². The Morgan fingerprint density at radius 2 is 2.32 bits per heavy atom. The van der Waals surface area contributed by atoms with Gasteiger partial charge in [-0.05, 0) is 26.3 Å². The quantitative estimate of drug-likeness (QED) is 0.935. The number of nitrogens with zero attached hydrogens (tertiary/aromatic N) is 3. The average molecular weight is 302 g/mol. The molecular formula is C16H22N4O2. The van der Waals surface area contributed by atoms with Gasteiger partial charge in [0.2, 0.25) is 0 Å². The van der Waals surface area contributed by atoms with Gasteiger partial charge >= 0.3 is 0 Å². The fourth-order valence-corrected chi connectivity index (χ4v) is 3.12. The molecule has 1 N–H and O–H groups in total. The van der Waals surface area contributed by atoms with Gasteiger partial charge in [-0.3, -0.25) is 4.79 Å². The molecule has 6 nitrogen and oxygen atoms in total. The Morgan fingerprint density at radius 1 is 1.50 bits per heavy atom. The predicted molar refractivity (Wildman–Crippen MR) is 82.8 cm³/mol. The van der Waals surface area contributed by atoms with E-state index in [-0.39, 0.29) is 5.91 Å². The van der Waals surface area contributed by atoms with Gasteiger partial charge in [0.15, 0.2) is 0 Å². The van der Waals surface area contributed by atoms with Crippen molar-refractivity contribution in [2.45, 2.75) is 32.9 Å². The summed E-state index contributed by atoms with van der Waals surface area (Å²) < 4.78 is 9.60. The molecule has 0 aliphatic carbocycles. The fourth-order valence-electron chi connectivity index (χ4n) is 3.12. The molecule has 0 radical (unpaired) electrons. The van der Waals surface area contributed by atoms with Crippen LogP contribution in [0.5, 0.6) is 0 Å². The summed E-state index contributed by atoms with van der Waals surface area (Å²) in [4.78, 5) is 16.7. The monoisotopic (exact) mass is 302 g/mol. The lowest BCUT2D eigenvalue weighted by Crippen LogP contribution is -2.25. The largest absolute Gasteiger partial charge is 0.379 e.